The highest BCUT2D eigenvalue weighted by atomic mass is 16.3. The molecule has 1 saturated carbocycles. The van der Waals surface area contributed by atoms with Crippen molar-refractivity contribution in [3.63, 3.8) is 0 Å². The lowest BCUT2D eigenvalue weighted by Gasteiger charge is -2.32. The van der Waals surface area contributed by atoms with Gasteiger partial charge in [0.15, 0.2) is 0 Å². The topological polar surface area (TPSA) is 61.4 Å². The van der Waals surface area contributed by atoms with Gasteiger partial charge in [-0.1, -0.05) is 0 Å². The van der Waals surface area contributed by atoms with E-state index in [2.05, 4.69) is 10.6 Å². The Bertz CT molecular complexity index is 227. The van der Waals surface area contributed by atoms with Crippen LogP contribution in [0.4, 0.5) is 0 Å². The number of nitrogens with one attached hydrogen (secondary N) is 2. The number of hydrogen-bond donors (Lipinski definition) is 3. The van der Waals surface area contributed by atoms with Crippen molar-refractivity contribution in [2.75, 3.05) is 13.1 Å². The van der Waals surface area contributed by atoms with E-state index in [0.717, 1.165) is 38.8 Å². The minimum Gasteiger partial charge on any atom is -0.393 e. The quantitative estimate of drug-likeness (QED) is 0.618. The fourth-order valence-electron chi connectivity index (χ4n) is 2.35. The molecule has 3 N–H and O–H groups in total. The highest BCUT2D eigenvalue weighted by Gasteiger charge is 2.27. The van der Waals surface area contributed by atoms with Crippen molar-refractivity contribution in [1.29, 1.82) is 0 Å². The average Bonchev–Trinajstić information content (AvgIpc) is 2.35. The highest BCUT2D eigenvalue weighted by molar-refractivity contribution is 5.76. The predicted octanol–water partition coefficient (Wildman–Crippen LogP) is 0.0156. The van der Waals surface area contributed by atoms with E-state index in [9.17, 15) is 4.79 Å². The Hall–Kier alpha value is -0.610. The third kappa shape index (κ3) is 3.18. The summed E-state index contributed by atoms with van der Waals surface area (Å²) in [6.07, 6.45) is 4.52. The van der Waals surface area contributed by atoms with Crippen LogP contribution in [0.3, 0.4) is 0 Å². The molecule has 1 aliphatic carbocycles. The lowest BCUT2D eigenvalue weighted by atomic mass is 9.82. The molecule has 4 heteroatoms. The fraction of sp³-hybridized carbons (Fsp3) is 0.909. The number of aliphatic hydroxyl groups excluding tert-OH is 1. The monoisotopic (exact) mass is 212 g/mol. The summed E-state index contributed by atoms with van der Waals surface area (Å²) in [5, 5.41) is 15.5. The maximum absolute atomic E-state index is 11.3. The van der Waals surface area contributed by atoms with Gasteiger partial charge in [-0.3, -0.25) is 4.79 Å². The first-order valence-corrected chi connectivity index (χ1v) is 5.92. The van der Waals surface area contributed by atoms with E-state index in [0.29, 0.717) is 18.4 Å². The van der Waals surface area contributed by atoms with Crippen molar-refractivity contribution in [2.45, 2.75) is 44.2 Å². The minimum atomic E-state index is -0.0748. The van der Waals surface area contributed by atoms with Crippen LogP contribution in [0.25, 0.3) is 0 Å². The van der Waals surface area contributed by atoms with E-state index in [1.54, 1.807) is 0 Å². The van der Waals surface area contributed by atoms with Crippen LogP contribution in [0.1, 0.15) is 32.1 Å². The molecule has 2 rings (SSSR count). The third-order valence-electron chi connectivity index (χ3n) is 3.39. The number of carbonyl (C=O) groups is 1. The molecular formula is C11H20N2O2. The maximum Gasteiger partial charge on any atom is 0.221 e. The van der Waals surface area contributed by atoms with E-state index in [-0.39, 0.29) is 12.0 Å². The van der Waals surface area contributed by atoms with Gasteiger partial charge in [0.2, 0.25) is 5.91 Å². The predicted molar refractivity (Wildman–Crippen MR) is 57.4 cm³/mol. The largest absolute Gasteiger partial charge is 0.393 e. The molecular weight excluding hydrogens is 192 g/mol. The van der Waals surface area contributed by atoms with Crippen LogP contribution in [0.15, 0.2) is 0 Å². The maximum atomic E-state index is 11.3. The van der Waals surface area contributed by atoms with Crippen LogP contribution in [-0.4, -0.2) is 36.2 Å². The van der Waals surface area contributed by atoms with Gasteiger partial charge in [0.1, 0.15) is 0 Å². The Morgan fingerprint density at radius 1 is 1.47 bits per heavy atom. The molecule has 4 nitrogen and oxygen atoms in total. The summed E-state index contributed by atoms with van der Waals surface area (Å²) in [7, 11) is 0. The second kappa shape index (κ2) is 4.94. The highest BCUT2D eigenvalue weighted by Crippen LogP contribution is 2.26. The van der Waals surface area contributed by atoms with Gasteiger partial charge in [-0.15, -0.1) is 0 Å². The van der Waals surface area contributed by atoms with Gasteiger partial charge in [-0.05, 0) is 38.1 Å². The zero-order valence-electron chi connectivity index (χ0n) is 9.04. The molecule has 1 saturated heterocycles. The van der Waals surface area contributed by atoms with Gasteiger partial charge in [-0.2, -0.15) is 0 Å². The molecule has 0 radical (unpaired) electrons. The van der Waals surface area contributed by atoms with E-state index < -0.39 is 0 Å². The van der Waals surface area contributed by atoms with Crippen molar-refractivity contribution >= 4 is 5.91 Å². The standard InChI is InChI=1S/C11H20N2O2/c14-10-4-8(5-10)7-13-9-2-1-3-12-11(15)6-9/h8-10,13-14H,1-7H2,(H,12,15). The smallest absolute Gasteiger partial charge is 0.221 e. The molecule has 1 aliphatic heterocycles. The second-order valence-corrected chi connectivity index (χ2v) is 4.79. The molecule has 1 unspecified atom stereocenters. The van der Waals surface area contributed by atoms with Crippen molar-refractivity contribution in [2.24, 2.45) is 5.92 Å². The van der Waals surface area contributed by atoms with Crippen LogP contribution >= 0.6 is 0 Å². The lowest BCUT2D eigenvalue weighted by molar-refractivity contribution is -0.121. The summed E-state index contributed by atoms with van der Waals surface area (Å²) in [5.74, 6) is 0.782. The SMILES string of the molecule is O=C1CC(NCC2CC(O)C2)CCCN1. The van der Waals surface area contributed by atoms with Gasteiger partial charge in [-0.25, -0.2) is 0 Å². The zero-order valence-corrected chi connectivity index (χ0v) is 9.04. The number of rotatable bonds is 3. The first-order chi connectivity index (χ1) is 7.24. The van der Waals surface area contributed by atoms with Gasteiger partial charge >= 0.3 is 0 Å². The molecule has 0 aromatic heterocycles. The Labute approximate surface area is 90.4 Å². The van der Waals surface area contributed by atoms with Crippen molar-refractivity contribution in [1.82, 2.24) is 10.6 Å². The van der Waals surface area contributed by atoms with Crippen molar-refractivity contribution < 1.29 is 9.90 Å². The van der Waals surface area contributed by atoms with E-state index >= 15 is 0 Å². The average molecular weight is 212 g/mol. The molecule has 15 heavy (non-hydrogen) atoms. The summed E-state index contributed by atoms with van der Waals surface area (Å²) < 4.78 is 0. The molecule has 1 heterocycles. The molecule has 1 atom stereocenters. The fourth-order valence-corrected chi connectivity index (χ4v) is 2.35. The van der Waals surface area contributed by atoms with Crippen LogP contribution in [0.2, 0.25) is 0 Å². The Morgan fingerprint density at radius 2 is 2.27 bits per heavy atom. The summed E-state index contributed by atoms with van der Waals surface area (Å²) in [5.41, 5.74) is 0. The number of aliphatic hydroxyl groups is 1. The second-order valence-electron chi connectivity index (χ2n) is 4.79. The van der Waals surface area contributed by atoms with Crippen LogP contribution < -0.4 is 10.6 Å². The number of hydrogen-bond acceptors (Lipinski definition) is 3. The van der Waals surface area contributed by atoms with Crippen LogP contribution in [0.5, 0.6) is 0 Å². The molecule has 2 fully saturated rings. The summed E-state index contributed by atoms with van der Waals surface area (Å²) in [6, 6.07) is 0.338. The van der Waals surface area contributed by atoms with E-state index in [4.69, 9.17) is 5.11 Å². The third-order valence-corrected chi connectivity index (χ3v) is 3.39. The zero-order chi connectivity index (χ0) is 10.7. The summed E-state index contributed by atoms with van der Waals surface area (Å²) >= 11 is 0. The molecule has 86 valence electrons. The van der Waals surface area contributed by atoms with E-state index in [1.165, 1.54) is 0 Å². The van der Waals surface area contributed by atoms with Crippen LogP contribution in [0, 0.1) is 5.92 Å². The van der Waals surface area contributed by atoms with Gasteiger partial charge in [0.25, 0.3) is 0 Å². The Balaban J connectivity index is 1.66. The van der Waals surface area contributed by atoms with Crippen LogP contribution in [-0.2, 0) is 4.79 Å². The van der Waals surface area contributed by atoms with Crippen molar-refractivity contribution in [3.05, 3.63) is 0 Å². The van der Waals surface area contributed by atoms with Crippen molar-refractivity contribution in [3.8, 4) is 0 Å². The molecule has 0 bridgehead atoms. The first kappa shape index (κ1) is 10.9. The van der Waals surface area contributed by atoms with Gasteiger partial charge in [0, 0.05) is 19.0 Å². The van der Waals surface area contributed by atoms with E-state index in [1.807, 2.05) is 0 Å². The molecule has 2 aliphatic rings. The molecule has 0 aromatic carbocycles. The van der Waals surface area contributed by atoms with Gasteiger partial charge < -0.3 is 15.7 Å². The lowest BCUT2D eigenvalue weighted by Crippen LogP contribution is -2.41. The van der Waals surface area contributed by atoms with Gasteiger partial charge in [0.05, 0.1) is 6.10 Å². The number of amides is 1. The summed E-state index contributed by atoms with van der Waals surface area (Å²) in [4.78, 5) is 11.3. The summed E-state index contributed by atoms with van der Waals surface area (Å²) in [6.45, 7) is 1.77. The molecule has 0 aromatic rings. The molecule has 1 amide bonds. The molecule has 0 spiro atoms. The minimum absolute atomic E-state index is 0.0748. The Kier molecular flexibility index (Phi) is 3.59. The normalized spacial score (nSPS) is 36.6. The first-order valence-electron chi connectivity index (χ1n) is 5.92. The Morgan fingerprint density at radius 3 is 3.00 bits per heavy atom. The number of carbonyl (C=O) groups excluding carboxylic acids is 1.